The second-order valence-corrected chi connectivity index (χ2v) is 5.86. The lowest BCUT2D eigenvalue weighted by Gasteiger charge is -2.21. The average Bonchev–Trinajstić information content (AvgIpc) is 2.66. The van der Waals surface area contributed by atoms with Crippen molar-refractivity contribution in [2.75, 3.05) is 12.4 Å². The number of ether oxygens (including phenoxy) is 1. The first kappa shape index (κ1) is 11.5. The summed E-state index contributed by atoms with van der Waals surface area (Å²) in [6.45, 7) is 0.652. The Hall–Kier alpha value is -0.950. The Labute approximate surface area is 94.5 Å². The molecule has 2 heterocycles. The smallest absolute Gasteiger partial charge is 0.245 e. The van der Waals surface area contributed by atoms with Crippen molar-refractivity contribution in [3.8, 4) is 0 Å². The summed E-state index contributed by atoms with van der Waals surface area (Å²) in [7, 11) is -1.81. The maximum Gasteiger partial charge on any atom is 0.245 e. The van der Waals surface area contributed by atoms with Crippen LogP contribution in [0.25, 0.3) is 0 Å². The molecule has 0 aliphatic carbocycles. The van der Waals surface area contributed by atoms with Gasteiger partial charge >= 0.3 is 0 Å². The molecule has 0 spiro atoms. The second kappa shape index (κ2) is 4.50. The average molecular weight is 245 g/mol. The fraction of sp³-hybridized carbons (Fsp3) is 0.778. The second-order valence-electron chi connectivity index (χ2n) is 3.94. The Morgan fingerprint density at radius 1 is 1.56 bits per heavy atom. The van der Waals surface area contributed by atoms with Crippen molar-refractivity contribution in [3.05, 3.63) is 6.33 Å². The fourth-order valence-corrected chi connectivity index (χ4v) is 3.38. The van der Waals surface area contributed by atoms with Crippen molar-refractivity contribution in [3.63, 3.8) is 0 Å². The van der Waals surface area contributed by atoms with Crippen LogP contribution in [-0.2, 0) is 21.6 Å². The van der Waals surface area contributed by atoms with Gasteiger partial charge in [0.2, 0.25) is 15.0 Å². The molecule has 1 atom stereocenters. The fourth-order valence-electron chi connectivity index (χ4n) is 1.83. The lowest BCUT2D eigenvalue weighted by Crippen LogP contribution is -2.28. The van der Waals surface area contributed by atoms with Gasteiger partial charge in [0.15, 0.2) is 0 Å². The van der Waals surface area contributed by atoms with Gasteiger partial charge < -0.3 is 4.74 Å². The van der Waals surface area contributed by atoms with E-state index < -0.39 is 9.84 Å². The number of rotatable bonds is 3. The lowest BCUT2D eigenvalue weighted by atomic mass is 10.1. The van der Waals surface area contributed by atoms with Crippen LogP contribution >= 0.6 is 0 Å². The highest BCUT2D eigenvalue weighted by Gasteiger charge is 2.26. The molecule has 1 aromatic heterocycles. The largest absolute Gasteiger partial charge is 0.377 e. The number of aromatic nitrogens is 3. The minimum Gasteiger partial charge on any atom is -0.377 e. The molecule has 1 aliphatic heterocycles. The highest BCUT2D eigenvalue weighted by Crippen LogP contribution is 2.17. The van der Waals surface area contributed by atoms with Gasteiger partial charge in [-0.05, 0) is 19.3 Å². The van der Waals surface area contributed by atoms with Gasteiger partial charge in [-0.15, -0.1) is 0 Å². The lowest BCUT2D eigenvalue weighted by molar-refractivity contribution is 0.0304. The Kier molecular flexibility index (Phi) is 3.25. The van der Waals surface area contributed by atoms with Crippen molar-refractivity contribution in [2.45, 2.75) is 30.5 Å². The highest BCUT2D eigenvalue weighted by atomic mass is 32.2. The van der Waals surface area contributed by atoms with Crippen molar-refractivity contribution in [1.29, 1.82) is 0 Å². The summed E-state index contributed by atoms with van der Waals surface area (Å²) in [5, 5.41) is 3.78. The minimum atomic E-state index is -3.38. The number of nitrogens with zero attached hydrogens (tertiary/aromatic N) is 3. The zero-order valence-electron chi connectivity index (χ0n) is 9.16. The summed E-state index contributed by atoms with van der Waals surface area (Å²) in [4.78, 5) is 3.76. The van der Waals surface area contributed by atoms with Crippen molar-refractivity contribution < 1.29 is 13.2 Å². The molecule has 1 aromatic rings. The SMILES string of the molecule is Cn1ncnc1S(=O)(=O)CC1CCCCO1. The van der Waals surface area contributed by atoms with Gasteiger partial charge in [0, 0.05) is 13.7 Å². The van der Waals surface area contributed by atoms with Crippen LogP contribution < -0.4 is 0 Å². The maximum atomic E-state index is 12.0. The van der Waals surface area contributed by atoms with Gasteiger partial charge in [-0.1, -0.05) is 0 Å². The molecule has 0 amide bonds. The Balaban J connectivity index is 2.11. The molecule has 0 N–H and O–H groups in total. The van der Waals surface area contributed by atoms with E-state index in [0.717, 1.165) is 19.3 Å². The molecule has 1 unspecified atom stereocenters. The van der Waals surface area contributed by atoms with Gasteiger partial charge in [0.1, 0.15) is 6.33 Å². The third-order valence-electron chi connectivity index (χ3n) is 2.63. The third kappa shape index (κ3) is 2.41. The maximum absolute atomic E-state index is 12.0. The molecular weight excluding hydrogens is 230 g/mol. The summed E-state index contributed by atoms with van der Waals surface area (Å²) >= 11 is 0. The summed E-state index contributed by atoms with van der Waals surface area (Å²) in [5.74, 6) is -0.000463. The van der Waals surface area contributed by atoms with E-state index in [1.54, 1.807) is 7.05 Å². The summed E-state index contributed by atoms with van der Waals surface area (Å²) in [6.07, 6.45) is 3.89. The molecule has 1 aliphatic rings. The predicted octanol–water partition coefficient (Wildman–Crippen LogP) is 0.158. The van der Waals surface area contributed by atoms with E-state index >= 15 is 0 Å². The van der Waals surface area contributed by atoms with Crippen LogP contribution in [0.15, 0.2) is 11.5 Å². The van der Waals surface area contributed by atoms with Crippen LogP contribution in [0.3, 0.4) is 0 Å². The van der Waals surface area contributed by atoms with Crippen LogP contribution in [0, 0.1) is 0 Å². The normalized spacial score (nSPS) is 22.2. The molecule has 6 nitrogen and oxygen atoms in total. The van der Waals surface area contributed by atoms with Crippen LogP contribution in [0.4, 0.5) is 0 Å². The molecule has 90 valence electrons. The first-order valence-electron chi connectivity index (χ1n) is 5.28. The van der Waals surface area contributed by atoms with Crippen LogP contribution in [0.2, 0.25) is 0 Å². The first-order chi connectivity index (χ1) is 7.59. The third-order valence-corrected chi connectivity index (χ3v) is 4.36. The van der Waals surface area contributed by atoms with Gasteiger partial charge in [-0.2, -0.15) is 5.10 Å². The van der Waals surface area contributed by atoms with Crippen molar-refractivity contribution >= 4 is 9.84 Å². The van der Waals surface area contributed by atoms with E-state index in [1.807, 2.05) is 0 Å². The molecule has 0 bridgehead atoms. The molecule has 2 rings (SSSR count). The molecular formula is C9H15N3O3S. The van der Waals surface area contributed by atoms with Gasteiger partial charge in [0.25, 0.3) is 0 Å². The summed E-state index contributed by atoms with van der Waals surface area (Å²) in [5.41, 5.74) is 0. The van der Waals surface area contributed by atoms with Crippen molar-refractivity contribution in [2.24, 2.45) is 7.05 Å². The van der Waals surface area contributed by atoms with Gasteiger partial charge in [-0.3, -0.25) is 0 Å². The van der Waals surface area contributed by atoms with Crippen LogP contribution in [0.5, 0.6) is 0 Å². The number of hydrogen-bond donors (Lipinski definition) is 0. The molecule has 0 radical (unpaired) electrons. The zero-order chi connectivity index (χ0) is 11.6. The van der Waals surface area contributed by atoms with E-state index in [4.69, 9.17) is 4.74 Å². The van der Waals surface area contributed by atoms with E-state index in [9.17, 15) is 8.42 Å². The van der Waals surface area contributed by atoms with Crippen molar-refractivity contribution in [1.82, 2.24) is 14.8 Å². The van der Waals surface area contributed by atoms with Gasteiger partial charge in [0.05, 0.1) is 11.9 Å². The van der Waals surface area contributed by atoms with Gasteiger partial charge in [-0.25, -0.2) is 18.1 Å². The highest BCUT2D eigenvalue weighted by molar-refractivity contribution is 7.91. The summed E-state index contributed by atoms with van der Waals surface area (Å²) in [6, 6.07) is 0. The molecule has 0 aromatic carbocycles. The number of sulfone groups is 1. The first-order valence-corrected chi connectivity index (χ1v) is 6.93. The Morgan fingerprint density at radius 2 is 2.38 bits per heavy atom. The van der Waals surface area contributed by atoms with Crippen LogP contribution in [-0.4, -0.2) is 41.6 Å². The van der Waals surface area contributed by atoms with E-state index in [1.165, 1.54) is 11.0 Å². The molecule has 16 heavy (non-hydrogen) atoms. The molecule has 7 heteroatoms. The Bertz CT molecular complexity index is 448. The standard InChI is InChI=1S/C9H15N3O3S/c1-12-9(10-7-11-12)16(13,14)6-8-4-2-3-5-15-8/h7-8H,2-6H2,1H3. The topological polar surface area (TPSA) is 74.1 Å². The Morgan fingerprint density at radius 3 is 2.94 bits per heavy atom. The number of aryl methyl sites for hydroxylation is 1. The molecule has 0 saturated carbocycles. The van der Waals surface area contributed by atoms with E-state index in [0.29, 0.717) is 6.61 Å². The zero-order valence-corrected chi connectivity index (χ0v) is 9.98. The predicted molar refractivity (Wildman–Crippen MR) is 56.6 cm³/mol. The molecule has 1 saturated heterocycles. The quantitative estimate of drug-likeness (QED) is 0.758. The number of hydrogen-bond acceptors (Lipinski definition) is 5. The monoisotopic (exact) mass is 245 g/mol. The van der Waals surface area contributed by atoms with E-state index in [2.05, 4.69) is 10.1 Å². The van der Waals surface area contributed by atoms with E-state index in [-0.39, 0.29) is 17.0 Å². The molecule has 1 fully saturated rings. The summed E-state index contributed by atoms with van der Waals surface area (Å²) < 4.78 is 30.6. The minimum absolute atomic E-state index is 0.000463. The van der Waals surface area contributed by atoms with Crippen LogP contribution in [0.1, 0.15) is 19.3 Å².